The van der Waals surface area contributed by atoms with E-state index in [9.17, 15) is 9.59 Å². The topological polar surface area (TPSA) is 67.9 Å². The Hall–Kier alpha value is -3.02. The number of aryl methyl sites for hydroxylation is 1. The van der Waals surface area contributed by atoms with Crippen molar-refractivity contribution in [3.05, 3.63) is 48.0 Å². The van der Waals surface area contributed by atoms with Crippen molar-refractivity contribution in [2.75, 3.05) is 30.0 Å². The van der Waals surface area contributed by atoms with Gasteiger partial charge in [-0.25, -0.2) is 0 Å². The highest BCUT2D eigenvalue weighted by Gasteiger charge is 2.24. The summed E-state index contributed by atoms with van der Waals surface area (Å²) in [6.45, 7) is 4.50. The summed E-state index contributed by atoms with van der Waals surface area (Å²) >= 11 is 0. The molecular formula is C20H22N2O4. The second-order valence-corrected chi connectivity index (χ2v) is 5.94. The molecule has 6 heteroatoms. The summed E-state index contributed by atoms with van der Waals surface area (Å²) in [6.07, 6.45) is 0.961. The third kappa shape index (κ3) is 3.96. The number of amides is 2. The minimum Gasteiger partial charge on any atom is -0.484 e. The van der Waals surface area contributed by atoms with Crippen molar-refractivity contribution in [3.63, 3.8) is 0 Å². The van der Waals surface area contributed by atoms with Crippen LogP contribution in [0, 0.1) is 0 Å². The molecule has 0 aliphatic carbocycles. The molecule has 0 aromatic heterocycles. The van der Waals surface area contributed by atoms with E-state index in [1.54, 1.807) is 23.1 Å². The van der Waals surface area contributed by atoms with E-state index >= 15 is 0 Å². The molecule has 1 aliphatic heterocycles. The molecule has 1 N–H and O–H groups in total. The number of anilines is 2. The molecule has 1 aliphatic rings. The summed E-state index contributed by atoms with van der Waals surface area (Å²) in [5.74, 6) is 0.909. The average molecular weight is 354 g/mol. The minimum atomic E-state index is -0.260. The smallest absolute Gasteiger partial charge is 0.265 e. The number of hydrogen-bond donors (Lipinski definition) is 1. The third-order valence-electron chi connectivity index (χ3n) is 4.20. The van der Waals surface area contributed by atoms with Crippen molar-refractivity contribution in [2.24, 2.45) is 0 Å². The number of fused-ring (bicyclic) bond motifs is 1. The summed E-state index contributed by atoms with van der Waals surface area (Å²) in [4.78, 5) is 25.6. The van der Waals surface area contributed by atoms with Gasteiger partial charge >= 0.3 is 0 Å². The van der Waals surface area contributed by atoms with Crippen LogP contribution in [-0.4, -0.2) is 31.6 Å². The molecule has 0 unspecified atom stereocenters. The molecule has 0 fully saturated rings. The standard InChI is InChI=1S/C20H22N2O4/c1-3-14-5-8-16(9-6-14)25-12-19(23)21-15-7-10-17-18(11-15)26-13-20(24)22(17)4-2/h5-11H,3-4,12-13H2,1-2H3,(H,21,23). The molecule has 2 aromatic carbocycles. The number of hydrogen-bond acceptors (Lipinski definition) is 4. The molecule has 1 heterocycles. The quantitative estimate of drug-likeness (QED) is 0.866. The molecule has 0 bridgehead atoms. The van der Waals surface area contributed by atoms with Gasteiger partial charge in [-0.3, -0.25) is 9.59 Å². The Balaban J connectivity index is 1.60. The van der Waals surface area contributed by atoms with E-state index in [1.807, 2.05) is 31.2 Å². The molecule has 3 rings (SSSR count). The number of likely N-dealkylation sites (N-methyl/N-ethyl adjacent to an activating group) is 1. The van der Waals surface area contributed by atoms with Gasteiger partial charge in [-0.2, -0.15) is 0 Å². The van der Waals surface area contributed by atoms with Gasteiger partial charge in [-0.1, -0.05) is 19.1 Å². The van der Waals surface area contributed by atoms with Crippen molar-refractivity contribution in [3.8, 4) is 11.5 Å². The fourth-order valence-corrected chi connectivity index (χ4v) is 2.80. The molecule has 0 atom stereocenters. The van der Waals surface area contributed by atoms with Gasteiger partial charge in [0.05, 0.1) is 5.69 Å². The summed E-state index contributed by atoms with van der Waals surface area (Å²) in [5, 5.41) is 2.78. The van der Waals surface area contributed by atoms with E-state index in [0.29, 0.717) is 29.4 Å². The molecule has 0 radical (unpaired) electrons. The van der Waals surface area contributed by atoms with Gasteiger partial charge in [0, 0.05) is 18.3 Å². The van der Waals surface area contributed by atoms with Crippen LogP contribution in [0.25, 0.3) is 0 Å². The number of nitrogens with one attached hydrogen (secondary N) is 1. The number of rotatable bonds is 6. The highest BCUT2D eigenvalue weighted by atomic mass is 16.5. The molecule has 2 aromatic rings. The first kappa shape index (κ1) is 17.8. The van der Waals surface area contributed by atoms with Gasteiger partial charge in [0.15, 0.2) is 13.2 Å². The van der Waals surface area contributed by atoms with E-state index in [2.05, 4.69) is 12.2 Å². The summed E-state index contributed by atoms with van der Waals surface area (Å²) in [6, 6.07) is 12.9. The first-order valence-corrected chi connectivity index (χ1v) is 8.69. The Bertz CT molecular complexity index is 802. The van der Waals surface area contributed by atoms with Gasteiger partial charge in [0.2, 0.25) is 0 Å². The van der Waals surface area contributed by atoms with E-state index in [1.165, 1.54) is 5.56 Å². The number of carbonyl (C=O) groups excluding carboxylic acids is 2. The van der Waals surface area contributed by atoms with Crippen molar-refractivity contribution < 1.29 is 19.1 Å². The van der Waals surface area contributed by atoms with Gasteiger partial charge in [0.1, 0.15) is 11.5 Å². The van der Waals surface area contributed by atoms with E-state index in [4.69, 9.17) is 9.47 Å². The first-order valence-electron chi connectivity index (χ1n) is 8.69. The van der Waals surface area contributed by atoms with Crippen LogP contribution in [-0.2, 0) is 16.0 Å². The molecule has 0 saturated heterocycles. The van der Waals surface area contributed by atoms with Crippen LogP contribution >= 0.6 is 0 Å². The summed E-state index contributed by atoms with van der Waals surface area (Å²) < 4.78 is 11.0. The van der Waals surface area contributed by atoms with Gasteiger partial charge < -0.3 is 19.7 Å². The SMILES string of the molecule is CCc1ccc(OCC(=O)Nc2ccc3c(c2)OCC(=O)N3CC)cc1. The number of ether oxygens (including phenoxy) is 2. The Morgan fingerprint density at radius 1 is 1.19 bits per heavy atom. The number of benzene rings is 2. The van der Waals surface area contributed by atoms with Crippen molar-refractivity contribution >= 4 is 23.2 Å². The van der Waals surface area contributed by atoms with Crippen LogP contribution in [0.15, 0.2) is 42.5 Å². The lowest BCUT2D eigenvalue weighted by Crippen LogP contribution is -2.38. The average Bonchev–Trinajstić information content (AvgIpc) is 2.67. The predicted molar refractivity (Wildman–Crippen MR) is 99.9 cm³/mol. The second kappa shape index (κ2) is 7.91. The second-order valence-electron chi connectivity index (χ2n) is 5.94. The van der Waals surface area contributed by atoms with Gasteiger partial charge in [0.25, 0.3) is 11.8 Å². The van der Waals surface area contributed by atoms with Crippen LogP contribution in [0.4, 0.5) is 11.4 Å². The van der Waals surface area contributed by atoms with E-state index in [0.717, 1.165) is 6.42 Å². The normalized spacial score (nSPS) is 13.0. The lowest BCUT2D eigenvalue weighted by atomic mass is 10.2. The Morgan fingerprint density at radius 3 is 2.65 bits per heavy atom. The molecule has 0 spiro atoms. The van der Waals surface area contributed by atoms with Gasteiger partial charge in [-0.15, -0.1) is 0 Å². The zero-order chi connectivity index (χ0) is 18.5. The first-order chi connectivity index (χ1) is 12.6. The predicted octanol–water partition coefficient (Wildman–Crippen LogP) is 3.01. The van der Waals surface area contributed by atoms with Crippen molar-refractivity contribution in [1.29, 1.82) is 0 Å². The molecular weight excluding hydrogens is 332 g/mol. The lowest BCUT2D eigenvalue weighted by Gasteiger charge is -2.28. The van der Waals surface area contributed by atoms with Crippen LogP contribution < -0.4 is 19.7 Å². The Kier molecular flexibility index (Phi) is 5.41. The van der Waals surface area contributed by atoms with E-state index in [-0.39, 0.29) is 25.0 Å². The maximum absolute atomic E-state index is 12.1. The molecule has 6 nitrogen and oxygen atoms in total. The minimum absolute atomic E-state index is 0.00903. The highest BCUT2D eigenvalue weighted by molar-refractivity contribution is 5.99. The number of carbonyl (C=O) groups is 2. The monoisotopic (exact) mass is 354 g/mol. The van der Waals surface area contributed by atoms with Crippen LogP contribution in [0.5, 0.6) is 11.5 Å². The van der Waals surface area contributed by atoms with Gasteiger partial charge in [-0.05, 0) is 43.2 Å². The Labute approximate surface area is 152 Å². The Morgan fingerprint density at radius 2 is 1.96 bits per heavy atom. The largest absolute Gasteiger partial charge is 0.484 e. The van der Waals surface area contributed by atoms with Crippen molar-refractivity contribution in [1.82, 2.24) is 0 Å². The fourth-order valence-electron chi connectivity index (χ4n) is 2.80. The van der Waals surface area contributed by atoms with E-state index < -0.39 is 0 Å². The van der Waals surface area contributed by atoms with Crippen LogP contribution in [0.1, 0.15) is 19.4 Å². The molecule has 0 saturated carbocycles. The molecule has 26 heavy (non-hydrogen) atoms. The summed E-state index contributed by atoms with van der Waals surface area (Å²) in [7, 11) is 0. The zero-order valence-corrected chi connectivity index (χ0v) is 15.0. The lowest BCUT2D eigenvalue weighted by molar-refractivity contribution is -0.121. The van der Waals surface area contributed by atoms with Crippen LogP contribution in [0.2, 0.25) is 0 Å². The highest BCUT2D eigenvalue weighted by Crippen LogP contribution is 2.34. The molecule has 136 valence electrons. The van der Waals surface area contributed by atoms with Crippen molar-refractivity contribution in [2.45, 2.75) is 20.3 Å². The summed E-state index contributed by atoms with van der Waals surface area (Å²) in [5.41, 5.74) is 2.54. The maximum Gasteiger partial charge on any atom is 0.265 e. The van der Waals surface area contributed by atoms with Crippen LogP contribution in [0.3, 0.4) is 0 Å². The maximum atomic E-state index is 12.1. The number of nitrogens with zero attached hydrogens (tertiary/aromatic N) is 1. The zero-order valence-electron chi connectivity index (χ0n) is 15.0. The molecule has 2 amide bonds. The third-order valence-corrected chi connectivity index (χ3v) is 4.20. The fraction of sp³-hybridized carbons (Fsp3) is 0.300.